The Morgan fingerprint density at radius 2 is 2.12 bits per heavy atom. The molecule has 0 amide bonds. The number of hydrogen-bond donors (Lipinski definition) is 0. The van der Waals surface area contributed by atoms with E-state index in [-0.39, 0.29) is 23.1 Å². The zero-order chi connectivity index (χ0) is 17.6. The number of Topliss-reactive ketones (excluding diaryl/α,β-unsaturated/α-hetero) is 1. The Bertz CT molecular complexity index is 711. The largest absolute Gasteiger partial charge is 0.461 e. The van der Waals surface area contributed by atoms with Crippen LogP contribution in [0.1, 0.15) is 74.7 Å². The molecule has 4 unspecified atom stereocenters. The van der Waals surface area contributed by atoms with Gasteiger partial charge in [0.15, 0.2) is 5.76 Å². The predicted octanol–water partition coefficient (Wildman–Crippen LogP) is 4.78. The predicted molar refractivity (Wildman–Crippen MR) is 90.7 cm³/mol. The van der Waals surface area contributed by atoms with Crippen LogP contribution in [0, 0.1) is 24.2 Å². The summed E-state index contributed by atoms with van der Waals surface area (Å²) >= 11 is 0. The zero-order valence-corrected chi connectivity index (χ0v) is 15.1. The molecule has 1 aromatic heterocycles. The van der Waals surface area contributed by atoms with Gasteiger partial charge in [-0.3, -0.25) is 4.79 Å². The van der Waals surface area contributed by atoms with Gasteiger partial charge in [-0.05, 0) is 45.1 Å². The van der Waals surface area contributed by atoms with Gasteiger partial charge < -0.3 is 9.15 Å². The molecular weight excluding hydrogens is 304 g/mol. The van der Waals surface area contributed by atoms with E-state index >= 15 is 0 Å². The highest BCUT2D eigenvalue weighted by Gasteiger charge is 2.58. The molecule has 0 radical (unpaired) electrons. The van der Waals surface area contributed by atoms with Crippen LogP contribution >= 0.6 is 0 Å². The zero-order valence-electron chi connectivity index (χ0n) is 15.1. The molecule has 1 fully saturated rings. The van der Waals surface area contributed by atoms with Crippen LogP contribution in [0.2, 0.25) is 0 Å². The Morgan fingerprint density at radius 3 is 2.79 bits per heavy atom. The van der Waals surface area contributed by atoms with Crippen molar-refractivity contribution in [3.8, 4) is 0 Å². The van der Waals surface area contributed by atoms with Crippen molar-refractivity contribution in [1.29, 1.82) is 0 Å². The number of carbonyl (C=O) groups excluding carboxylic acids is 2. The summed E-state index contributed by atoms with van der Waals surface area (Å²) in [6, 6.07) is 0. The van der Waals surface area contributed by atoms with Crippen LogP contribution in [0.25, 0.3) is 0 Å². The van der Waals surface area contributed by atoms with Crippen molar-refractivity contribution >= 4 is 11.8 Å². The van der Waals surface area contributed by atoms with E-state index in [1.165, 1.54) is 0 Å². The smallest absolute Gasteiger partial charge is 0.334 e. The molecule has 4 heteroatoms. The van der Waals surface area contributed by atoms with Crippen molar-refractivity contribution in [2.75, 3.05) is 0 Å². The minimum atomic E-state index is -0.438. The normalized spacial score (nSPS) is 33.0. The number of ketones is 1. The molecule has 1 heterocycles. The minimum Gasteiger partial charge on any atom is -0.461 e. The van der Waals surface area contributed by atoms with Crippen LogP contribution in [-0.2, 0) is 9.53 Å². The molecule has 24 heavy (non-hydrogen) atoms. The number of ether oxygens (including phenoxy) is 1. The lowest BCUT2D eigenvalue weighted by Gasteiger charge is -2.51. The number of furan rings is 1. The summed E-state index contributed by atoms with van der Waals surface area (Å²) in [6.45, 7) is 9.77. The molecule has 0 saturated heterocycles. The number of carbonyl (C=O) groups is 2. The Labute approximate surface area is 143 Å². The third-order valence-corrected chi connectivity index (χ3v) is 6.31. The Balaban J connectivity index is 2.14. The molecule has 2 aliphatic carbocycles. The second-order valence-electron chi connectivity index (χ2n) is 7.53. The highest BCUT2D eigenvalue weighted by Crippen LogP contribution is 2.59. The fourth-order valence-electron chi connectivity index (χ4n) is 4.39. The van der Waals surface area contributed by atoms with Crippen molar-refractivity contribution in [1.82, 2.24) is 0 Å². The highest BCUT2D eigenvalue weighted by atomic mass is 16.5. The number of esters is 1. The lowest BCUT2D eigenvalue weighted by Crippen LogP contribution is -2.50. The fourth-order valence-corrected chi connectivity index (χ4v) is 4.39. The fraction of sp³-hybridized carbons (Fsp3) is 0.600. The number of allylic oxidation sites excluding steroid dienone is 1. The van der Waals surface area contributed by atoms with E-state index < -0.39 is 6.10 Å². The lowest BCUT2D eigenvalue weighted by atomic mass is 9.54. The highest BCUT2D eigenvalue weighted by molar-refractivity contribution is 5.99. The first-order chi connectivity index (χ1) is 11.3. The summed E-state index contributed by atoms with van der Waals surface area (Å²) in [5, 5.41) is 0. The van der Waals surface area contributed by atoms with Gasteiger partial charge in [-0.15, -0.1) is 0 Å². The number of hydrogen-bond acceptors (Lipinski definition) is 4. The molecule has 0 aliphatic heterocycles. The molecule has 0 aromatic carbocycles. The Hall–Kier alpha value is -1.84. The van der Waals surface area contributed by atoms with Crippen LogP contribution in [0.5, 0.6) is 0 Å². The Morgan fingerprint density at radius 1 is 1.42 bits per heavy atom. The molecule has 4 nitrogen and oxygen atoms in total. The van der Waals surface area contributed by atoms with E-state index in [0.717, 1.165) is 30.4 Å². The average Bonchev–Trinajstić information content (AvgIpc) is 2.94. The van der Waals surface area contributed by atoms with Crippen molar-refractivity contribution in [3.63, 3.8) is 0 Å². The van der Waals surface area contributed by atoms with Gasteiger partial charge in [-0.2, -0.15) is 0 Å². The first kappa shape index (κ1) is 17.0. The van der Waals surface area contributed by atoms with Crippen LogP contribution < -0.4 is 0 Å². The summed E-state index contributed by atoms with van der Waals surface area (Å²) in [4.78, 5) is 25.5. The minimum absolute atomic E-state index is 0.0715. The standard InChI is InChI=1S/C20H26O4/c1-6-11(2)19(22)24-18-15-12(3)10-23-17(15)16(21)14-9-7-8-13(4)20(14,18)5/h6,10,13-14,18H,7-9H2,1-5H3. The van der Waals surface area contributed by atoms with Gasteiger partial charge >= 0.3 is 5.97 Å². The topological polar surface area (TPSA) is 56.5 Å². The number of rotatable bonds is 2. The summed E-state index contributed by atoms with van der Waals surface area (Å²) < 4.78 is 11.6. The second-order valence-corrected chi connectivity index (χ2v) is 7.53. The summed E-state index contributed by atoms with van der Waals surface area (Å²) in [6.07, 6.45) is 5.82. The van der Waals surface area contributed by atoms with Gasteiger partial charge in [0.1, 0.15) is 6.10 Å². The molecule has 1 saturated carbocycles. The monoisotopic (exact) mass is 330 g/mol. The molecule has 130 valence electrons. The van der Waals surface area contributed by atoms with Gasteiger partial charge in [0.2, 0.25) is 5.78 Å². The molecule has 1 aromatic rings. The van der Waals surface area contributed by atoms with E-state index in [1.54, 1.807) is 19.3 Å². The van der Waals surface area contributed by atoms with Crippen molar-refractivity contribution in [3.05, 3.63) is 34.8 Å². The summed E-state index contributed by atoms with van der Waals surface area (Å²) in [5.41, 5.74) is 1.84. The summed E-state index contributed by atoms with van der Waals surface area (Å²) in [5.74, 6) is 0.290. The molecule has 0 spiro atoms. The quantitative estimate of drug-likeness (QED) is 0.578. The third kappa shape index (κ3) is 2.27. The van der Waals surface area contributed by atoms with Crippen LogP contribution in [0.4, 0.5) is 0 Å². The van der Waals surface area contributed by atoms with Gasteiger partial charge in [0.25, 0.3) is 0 Å². The maximum absolute atomic E-state index is 13.0. The third-order valence-electron chi connectivity index (χ3n) is 6.31. The van der Waals surface area contributed by atoms with Gasteiger partial charge in [0.05, 0.1) is 6.26 Å². The maximum Gasteiger partial charge on any atom is 0.334 e. The Kier molecular flexibility index (Phi) is 4.18. The van der Waals surface area contributed by atoms with E-state index in [2.05, 4.69) is 13.8 Å². The number of aryl methyl sites for hydroxylation is 1. The van der Waals surface area contributed by atoms with Crippen molar-refractivity contribution < 1.29 is 18.7 Å². The van der Waals surface area contributed by atoms with Gasteiger partial charge in [-0.25, -0.2) is 4.79 Å². The van der Waals surface area contributed by atoms with E-state index in [9.17, 15) is 9.59 Å². The first-order valence-electron chi connectivity index (χ1n) is 8.78. The average molecular weight is 330 g/mol. The lowest BCUT2D eigenvalue weighted by molar-refractivity contribution is -0.161. The van der Waals surface area contributed by atoms with Crippen LogP contribution in [-0.4, -0.2) is 11.8 Å². The van der Waals surface area contributed by atoms with Crippen molar-refractivity contribution in [2.45, 2.75) is 60.0 Å². The van der Waals surface area contributed by atoms with Crippen LogP contribution in [0.3, 0.4) is 0 Å². The second kappa shape index (κ2) is 5.91. The molecule has 4 atom stereocenters. The van der Waals surface area contributed by atoms with E-state index in [0.29, 0.717) is 17.3 Å². The van der Waals surface area contributed by atoms with Crippen molar-refractivity contribution in [2.24, 2.45) is 17.3 Å². The van der Waals surface area contributed by atoms with Gasteiger partial charge in [-0.1, -0.05) is 26.3 Å². The summed E-state index contributed by atoms with van der Waals surface area (Å²) in [7, 11) is 0. The van der Waals surface area contributed by atoms with E-state index in [1.807, 2.05) is 13.8 Å². The number of fused-ring (bicyclic) bond motifs is 2. The van der Waals surface area contributed by atoms with Gasteiger partial charge in [0, 0.05) is 22.5 Å². The SMILES string of the molecule is CC=C(C)C(=O)OC1c2c(C)coc2C(=O)C2CCCC(C)C21C. The molecular formula is C20H26O4. The molecule has 0 bridgehead atoms. The molecule has 0 N–H and O–H groups in total. The van der Waals surface area contributed by atoms with Crippen LogP contribution in [0.15, 0.2) is 22.3 Å². The van der Waals surface area contributed by atoms with E-state index in [4.69, 9.17) is 9.15 Å². The maximum atomic E-state index is 13.0. The first-order valence-corrected chi connectivity index (χ1v) is 8.78. The molecule has 3 rings (SSSR count). The molecule has 2 aliphatic rings.